The molecule has 1 amide bonds. The first-order chi connectivity index (χ1) is 12.0. The zero-order chi connectivity index (χ0) is 18.2. The zero-order valence-electron chi connectivity index (χ0n) is 14.6. The summed E-state index contributed by atoms with van der Waals surface area (Å²) in [5, 5.41) is 2.84. The summed E-state index contributed by atoms with van der Waals surface area (Å²) in [6.07, 6.45) is 0. The van der Waals surface area contributed by atoms with Gasteiger partial charge in [0.25, 0.3) is 0 Å². The third-order valence-electron chi connectivity index (χ3n) is 3.59. The number of carbonyl (C=O) groups excluding carboxylic acids is 2. The zero-order valence-corrected chi connectivity index (χ0v) is 14.6. The quantitative estimate of drug-likeness (QED) is 0.783. The van der Waals surface area contributed by atoms with E-state index in [1.807, 2.05) is 42.3 Å². The minimum Gasteiger partial charge on any atom is -0.497 e. The lowest BCUT2D eigenvalue weighted by Crippen LogP contribution is -2.29. The molecule has 0 spiro atoms. The molecule has 2 aromatic carbocycles. The predicted molar refractivity (Wildman–Crippen MR) is 95.7 cm³/mol. The molecule has 0 fully saturated rings. The Labute approximate surface area is 147 Å². The second-order valence-corrected chi connectivity index (χ2v) is 5.64. The Balaban J connectivity index is 1.87. The molecule has 6 heteroatoms. The number of amides is 1. The summed E-state index contributed by atoms with van der Waals surface area (Å²) in [6, 6.07) is 14.3. The number of benzene rings is 2. The van der Waals surface area contributed by atoms with Crippen molar-refractivity contribution in [1.29, 1.82) is 0 Å². The summed E-state index contributed by atoms with van der Waals surface area (Å²) >= 11 is 0. The van der Waals surface area contributed by atoms with Crippen molar-refractivity contribution in [3.8, 4) is 5.75 Å². The molecule has 0 heterocycles. The summed E-state index contributed by atoms with van der Waals surface area (Å²) in [5.74, 6) is 0.219. The minimum atomic E-state index is -0.363. The van der Waals surface area contributed by atoms with Gasteiger partial charge in [-0.25, -0.2) is 4.79 Å². The van der Waals surface area contributed by atoms with Gasteiger partial charge in [0.1, 0.15) is 5.75 Å². The molecule has 0 bridgehead atoms. The number of nitrogens with zero attached hydrogens (tertiary/aromatic N) is 1. The lowest BCUT2D eigenvalue weighted by molar-refractivity contribution is -0.117. The second-order valence-electron chi connectivity index (χ2n) is 5.64. The lowest BCUT2D eigenvalue weighted by Gasteiger charge is -2.16. The van der Waals surface area contributed by atoms with E-state index in [0.717, 1.165) is 5.56 Å². The number of methoxy groups -OCH3 is 2. The largest absolute Gasteiger partial charge is 0.497 e. The number of likely N-dealkylation sites (N-methyl/N-ethyl adjacent to an activating group) is 1. The molecule has 0 saturated heterocycles. The number of rotatable bonds is 7. The van der Waals surface area contributed by atoms with Crippen LogP contribution in [0.4, 0.5) is 5.69 Å². The molecule has 0 aliphatic rings. The van der Waals surface area contributed by atoms with Crippen LogP contribution in [0.15, 0.2) is 48.5 Å². The molecule has 0 aliphatic carbocycles. The number of carbonyl (C=O) groups is 2. The van der Waals surface area contributed by atoms with Gasteiger partial charge < -0.3 is 14.8 Å². The highest BCUT2D eigenvalue weighted by molar-refractivity contribution is 5.92. The van der Waals surface area contributed by atoms with E-state index in [9.17, 15) is 9.59 Å². The maximum atomic E-state index is 12.1. The molecule has 0 atom stereocenters. The van der Waals surface area contributed by atoms with Gasteiger partial charge in [-0.3, -0.25) is 9.69 Å². The number of hydrogen-bond acceptors (Lipinski definition) is 5. The Morgan fingerprint density at radius 1 is 1.08 bits per heavy atom. The Kier molecular flexibility index (Phi) is 6.54. The maximum Gasteiger partial charge on any atom is 0.337 e. The third kappa shape index (κ3) is 5.61. The van der Waals surface area contributed by atoms with Crippen molar-refractivity contribution >= 4 is 17.6 Å². The SMILES string of the molecule is COC(=O)c1ccc(CN(C)CC(=O)Nc2cccc(OC)c2)cc1. The van der Waals surface area contributed by atoms with Crippen LogP contribution in [0.25, 0.3) is 0 Å². The number of anilines is 1. The van der Waals surface area contributed by atoms with E-state index in [1.54, 1.807) is 25.3 Å². The Bertz CT molecular complexity index is 728. The van der Waals surface area contributed by atoms with Crippen LogP contribution >= 0.6 is 0 Å². The van der Waals surface area contributed by atoms with Gasteiger partial charge in [-0.1, -0.05) is 18.2 Å². The third-order valence-corrected chi connectivity index (χ3v) is 3.59. The van der Waals surface area contributed by atoms with E-state index < -0.39 is 0 Å². The topological polar surface area (TPSA) is 67.9 Å². The summed E-state index contributed by atoms with van der Waals surface area (Å²) in [6.45, 7) is 0.836. The number of ether oxygens (including phenoxy) is 2. The average molecular weight is 342 g/mol. The van der Waals surface area contributed by atoms with Gasteiger partial charge in [-0.2, -0.15) is 0 Å². The molecule has 2 aromatic rings. The van der Waals surface area contributed by atoms with Crippen LogP contribution in [-0.4, -0.2) is 44.6 Å². The van der Waals surface area contributed by atoms with Crippen LogP contribution in [0.1, 0.15) is 15.9 Å². The van der Waals surface area contributed by atoms with Gasteiger partial charge in [-0.05, 0) is 36.9 Å². The minimum absolute atomic E-state index is 0.109. The monoisotopic (exact) mass is 342 g/mol. The van der Waals surface area contributed by atoms with Crippen molar-refractivity contribution in [2.45, 2.75) is 6.54 Å². The van der Waals surface area contributed by atoms with E-state index in [0.29, 0.717) is 23.5 Å². The number of hydrogen-bond donors (Lipinski definition) is 1. The van der Waals surface area contributed by atoms with Crippen molar-refractivity contribution in [1.82, 2.24) is 4.90 Å². The molecule has 0 unspecified atom stereocenters. The van der Waals surface area contributed by atoms with Gasteiger partial charge >= 0.3 is 5.97 Å². The molecule has 1 N–H and O–H groups in total. The normalized spacial score (nSPS) is 10.4. The highest BCUT2D eigenvalue weighted by Crippen LogP contribution is 2.16. The molecule has 0 aliphatic heterocycles. The lowest BCUT2D eigenvalue weighted by atomic mass is 10.1. The number of nitrogens with one attached hydrogen (secondary N) is 1. The van der Waals surface area contributed by atoms with E-state index in [-0.39, 0.29) is 18.4 Å². The Morgan fingerprint density at radius 3 is 2.44 bits per heavy atom. The van der Waals surface area contributed by atoms with E-state index >= 15 is 0 Å². The van der Waals surface area contributed by atoms with Gasteiger partial charge in [-0.15, -0.1) is 0 Å². The molecule has 0 radical (unpaired) electrons. The molecule has 25 heavy (non-hydrogen) atoms. The van der Waals surface area contributed by atoms with Crippen LogP contribution in [0.2, 0.25) is 0 Å². The standard InChI is InChI=1S/C19H22N2O4/c1-21(12-14-7-9-15(10-8-14)19(23)25-3)13-18(22)20-16-5-4-6-17(11-16)24-2/h4-11H,12-13H2,1-3H3,(H,20,22). The predicted octanol–water partition coefficient (Wildman–Crippen LogP) is 2.55. The Morgan fingerprint density at radius 2 is 1.80 bits per heavy atom. The van der Waals surface area contributed by atoms with Crippen LogP contribution in [-0.2, 0) is 16.1 Å². The molecule has 0 saturated carbocycles. The van der Waals surface area contributed by atoms with Crippen LogP contribution in [0, 0.1) is 0 Å². The van der Waals surface area contributed by atoms with Gasteiger partial charge in [0.15, 0.2) is 0 Å². The molecule has 6 nitrogen and oxygen atoms in total. The number of esters is 1. The Hall–Kier alpha value is -2.86. The molecule has 2 rings (SSSR count). The van der Waals surface area contributed by atoms with Crippen LogP contribution in [0.3, 0.4) is 0 Å². The molecular weight excluding hydrogens is 320 g/mol. The van der Waals surface area contributed by atoms with Crippen molar-refractivity contribution in [3.63, 3.8) is 0 Å². The van der Waals surface area contributed by atoms with Gasteiger partial charge in [0.05, 0.1) is 26.3 Å². The van der Waals surface area contributed by atoms with Gasteiger partial charge in [0.2, 0.25) is 5.91 Å². The van der Waals surface area contributed by atoms with E-state index in [2.05, 4.69) is 10.1 Å². The first kappa shape index (κ1) is 18.5. The van der Waals surface area contributed by atoms with E-state index in [1.165, 1.54) is 7.11 Å². The van der Waals surface area contributed by atoms with Crippen molar-refractivity contribution in [2.75, 3.05) is 33.1 Å². The summed E-state index contributed by atoms with van der Waals surface area (Å²) < 4.78 is 9.81. The smallest absolute Gasteiger partial charge is 0.337 e. The first-order valence-electron chi connectivity index (χ1n) is 7.81. The molecule has 0 aromatic heterocycles. The fourth-order valence-corrected chi connectivity index (χ4v) is 2.38. The summed E-state index contributed by atoms with van der Waals surface area (Å²) in [4.78, 5) is 25.4. The highest BCUT2D eigenvalue weighted by atomic mass is 16.5. The fraction of sp³-hybridized carbons (Fsp3) is 0.263. The highest BCUT2D eigenvalue weighted by Gasteiger charge is 2.09. The first-order valence-corrected chi connectivity index (χ1v) is 7.81. The van der Waals surface area contributed by atoms with Gasteiger partial charge in [0, 0.05) is 18.3 Å². The maximum absolute atomic E-state index is 12.1. The molecular formula is C19H22N2O4. The summed E-state index contributed by atoms with van der Waals surface area (Å²) in [5.41, 5.74) is 2.20. The van der Waals surface area contributed by atoms with Crippen LogP contribution < -0.4 is 10.1 Å². The van der Waals surface area contributed by atoms with Crippen molar-refractivity contribution in [3.05, 3.63) is 59.7 Å². The average Bonchev–Trinajstić information content (AvgIpc) is 2.61. The summed E-state index contributed by atoms with van der Waals surface area (Å²) in [7, 11) is 4.80. The van der Waals surface area contributed by atoms with E-state index in [4.69, 9.17) is 4.74 Å². The van der Waals surface area contributed by atoms with Crippen LogP contribution in [0.5, 0.6) is 5.75 Å². The molecule has 132 valence electrons. The second kappa shape index (κ2) is 8.84. The fourth-order valence-electron chi connectivity index (χ4n) is 2.38. The van der Waals surface area contributed by atoms with Crippen molar-refractivity contribution in [2.24, 2.45) is 0 Å². The van der Waals surface area contributed by atoms with Crippen molar-refractivity contribution < 1.29 is 19.1 Å².